The van der Waals surface area contributed by atoms with Crippen molar-refractivity contribution in [1.29, 1.82) is 0 Å². The number of aliphatic hydroxyl groups is 1. The van der Waals surface area contributed by atoms with Gasteiger partial charge in [-0.3, -0.25) is 0 Å². The molecule has 2 saturated carbocycles. The number of hydrogen-bond acceptors (Lipinski definition) is 2. The van der Waals surface area contributed by atoms with Crippen LogP contribution in [0.2, 0.25) is 5.02 Å². The summed E-state index contributed by atoms with van der Waals surface area (Å²) in [7, 11) is 0. The van der Waals surface area contributed by atoms with Crippen LogP contribution >= 0.6 is 11.6 Å². The number of hydrogen-bond donors (Lipinski definition) is 3. The number of carbonyl (C=O) groups is 1. The monoisotopic (exact) mass is 336 g/mol. The second-order valence-corrected chi connectivity index (χ2v) is 7.45. The van der Waals surface area contributed by atoms with Crippen LogP contribution in [0.5, 0.6) is 0 Å². The number of amides is 2. The Morgan fingerprint density at radius 3 is 2.39 bits per heavy atom. The van der Waals surface area contributed by atoms with E-state index in [0.717, 1.165) is 43.5 Å². The Labute approximate surface area is 142 Å². The molecule has 23 heavy (non-hydrogen) atoms. The summed E-state index contributed by atoms with van der Waals surface area (Å²) in [5.41, 5.74) is 1.35. The molecule has 2 amide bonds. The van der Waals surface area contributed by atoms with Crippen molar-refractivity contribution in [2.75, 3.05) is 13.2 Å². The molecule has 2 aliphatic carbocycles. The highest BCUT2D eigenvalue weighted by atomic mass is 35.5. The van der Waals surface area contributed by atoms with Crippen molar-refractivity contribution in [2.24, 2.45) is 5.92 Å². The highest BCUT2D eigenvalue weighted by Crippen LogP contribution is 2.47. The van der Waals surface area contributed by atoms with Crippen LogP contribution in [0.3, 0.4) is 0 Å². The van der Waals surface area contributed by atoms with Gasteiger partial charge in [-0.15, -0.1) is 0 Å². The molecule has 1 aromatic rings. The Morgan fingerprint density at radius 1 is 1.17 bits per heavy atom. The molecule has 126 valence electrons. The van der Waals surface area contributed by atoms with Crippen molar-refractivity contribution >= 4 is 17.6 Å². The second kappa shape index (κ2) is 7.10. The average molecular weight is 337 g/mol. The number of rotatable bonds is 5. The molecule has 0 heterocycles. The van der Waals surface area contributed by atoms with Crippen LogP contribution in [0.4, 0.5) is 4.79 Å². The molecule has 0 unspecified atom stereocenters. The quantitative estimate of drug-likeness (QED) is 0.773. The van der Waals surface area contributed by atoms with Crippen LogP contribution in [0, 0.1) is 5.92 Å². The van der Waals surface area contributed by atoms with Gasteiger partial charge in [0, 0.05) is 29.6 Å². The number of urea groups is 1. The van der Waals surface area contributed by atoms with E-state index in [2.05, 4.69) is 22.8 Å². The number of carbonyl (C=O) groups excluding carboxylic acids is 1. The van der Waals surface area contributed by atoms with Crippen LogP contribution in [0.25, 0.3) is 0 Å². The fraction of sp³-hybridized carbons (Fsp3) is 0.611. The lowest BCUT2D eigenvalue weighted by molar-refractivity contribution is 0.174. The van der Waals surface area contributed by atoms with Crippen LogP contribution in [-0.4, -0.2) is 30.3 Å². The van der Waals surface area contributed by atoms with Crippen LogP contribution in [0.15, 0.2) is 24.3 Å². The Morgan fingerprint density at radius 2 is 1.83 bits per heavy atom. The topological polar surface area (TPSA) is 61.4 Å². The highest BCUT2D eigenvalue weighted by molar-refractivity contribution is 6.30. The summed E-state index contributed by atoms with van der Waals surface area (Å²) in [6.07, 6.45) is 6.13. The summed E-state index contributed by atoms with van der Waals surface area (Å²) in [5.74, 6) is 0.413. The zero-order valence-electron chi connectivity index (χ0n) is 13.4. The van der Waals surface area contributed by atoms with E-state index < -0.39 is 0 Å². The molecule has 2 fully saturated rings. The van der Waals surface area contributed by atoms with Crippen LogP contribution in [0.1, 0.15) is 44.1 Å². The molecule has 0 atom stereocenters. The molecule has 2 aliphatic rings. The molecule has 0 radical (unpaired) electrons. The van der Waals surface area contributed by atoms with Crippen LogP contribution in [-0.2, 0) is 5.41 Å². The van der Waals surface area contributed by atoms with Gasteiger partial charge in [0.15, 0.2) is 0 Å². The predicted molar refractivity (Wildman–Crippen MR) is 91.7 cm³/mol. The molecular formula is C18H25ClN2O2. The first kappa shape index (κ1) is 16.6. The van der Waals surface area contributed by atoms with E-state index >= 15 is 0 Å². The molecule has 4 nitrogen and oxygen atoms in total. The minimum absolute atomic E-state index is 0.0716. The number of halogens is 1. The summed E-state index contributed by atoms with van der Waals surface area (Å²) >= 11 is 5.94. The molecule has 0 bridgehead atoms. The van der Waals surface area contributed by atoms with E-state index in [1.807, 2.05) is 12.1 Å². The van der Waals surface area contributed by atoms with Gasteiger partial charge < -0.3 is 15.7 Å². The van der Waals surface area contributed by atoms with Crippen LogP contribution < -0.4 is 10.6 Å². The molecule has 3 N–H and O–H groups in total. The largest absolute Gasteiger partial charge is 0.396 e. The first-order chi connectivity index (χ1) is 11.1. The van der Waals surface area contributed by atoms with Crippen molar-refractivity contribution < 1.29 is 9.90 Å². The van der Waals surface area contributed by atoms with Crippen molar-refractivity contribution in [3.8, 4) is 0 Å². The number of nitrogens with one attached hydrogen (secondary N) is 2. The van der Waals surface area contributed by atoms with Crippen molar-refractivity contribution in [3.63, 3.8) is 0 Å². The summed E-state index contributed by atoms with van der Waals surface area (Å²) in [4.78, 5) is 12.1. The molecule has 5 heteroatoms. The van der Waals surface area contributed by atoms with Crippen molar-refractivity contribution in [1.82, 2.24) is 10.6 Å². The van der Waals surface area contributed by atoms with Crippen molar-refractivity contribution in [2.45, 2.75) is 50.0 Å². The summed E-state index contributed by atoms with van der Waals surface area (Å²) in [6, 6.07) is 8.12. The van der Waals surface area contributed by atoms with E-state index in [0.29, 0.717) is 12.5 Å². The lowest BCUT2D eigenvalue weighted by atomic mass is 9.87. The minimum Gasteiger partial charge on any atom is -0.396 e. The molecule has 0 spiro atoms. The Balaban J connectivity index is 1.45. The van der Waals surface area contributed by atoms with Gasteiger partial charge >= 0.3 is 6.03 Å². The predicted octanol–water partition coefficient (Wildman–Crippen LogP) is 3.22. The molecule has 1 aromatic carbocycles. The van der Waals surface area contributed by atoms with Gasteiger partial charge in [0.2, 0.25) is 0 Å². The fourth-order valence-corrected chi connectivity index (χ4v) is 3.62. The molecular weight excluding hydrogens is 312 g/mol. The van der Waals surface area contributed by atoms with E-state index in [4.69, 9.17) is 16.7 Å². The first-order valence-electron chi connectivity index (χ1n) is 8.52. The van der Waals surface area contributed by atoms with Gasteiger partial charge in [-0.2, -0.15) is 0 Å². The SMILES string of the molecule is O=C(NCC1(c2ccc(Cl)cc2)CC1)NC1CCC(CO)CC1. The molecule has 0 aliphatic heterocycles. The average Bonchev–Trinajstić information content (AvgIpc) is 3.35. The van der Waals surface area contributed by atoms with Crippen molar-refractivity contribution in [3.05, 3.63) is 34.9 Å². The van der Waals surface area contributed by atoms with E-state index in [1.54, 1.807) is 0 Å². The maximum Gasteiger partial charge on any atom is 0.315 e. The Bertz CT molecular complexity index is 534. The lowest BCUT2D eigenvalue weighted by Crippen LogP contribution is -2.45. The van der Waals surface area contributed by atoms with Gasteiger partial charge in [0.25, 0.3) is 0 Å². The van der Waals surface area contributed by atoms with Gasteiger partial charge in [0.1, 0.15) is 0 Å². The number of aliphatic hydroxyl groups excluding tert-OH is 1. The van der Waals surface area contributed by atoms with Gasteiger partial charge in [-0.1, -0.05) is 23.7 Å². The second-order valence-electron chi connectivity index (χ2n) is 7.01. The number of benzene rings is 1. The summed E-state index contributed by atoms with van der Waals surface area (Å²) in [6.45, 7) is 0.939. The van der Waals surface area contributed by atoms with E-state index in [-0.39, 0.29) is 24.1 Å². The Hall–Kier alpha value is -1.26. The molecule has 3 rings (SSSR count). The zero-order chi connectivity index (χ0) is 16.3. The maximum atomic E-state index is 12.1. The smallest absolute Gasteiger partial charge is 0.315 e. The van der Waals surface area contributed by atoms with E-state index in [1.165, 1.54) is 5.56 Å². The third-order valence-electron chi connectivity index (χ3n) is 5.34. The third kappa shape index (κ3) is 4.18. The lowest BCUT2D eigenvalue weighted by Gasteiger charge is -2.28. The van der Waals surface area contributed by atoms with Gasteiger partial charge in [-0.25, -0.2) is 4.79 Å². The summed E-state index contributed by atoms with van der Waals surface area (Å²) in [5, 5.41) is 16.0. The Kier molecular flexibility index (Phi) is 5.12. The highest BCUT2D eigenvalue weighted by Gasteiger charge is 2.44. The molecule has 0 aromatic heterocycles. The van der Waals surface area contributed by atoms with Gasteiger partial charge in [-0.05, 0) is 62.1 Å². The normalized spacial score (nSPS) is 25.7. The molecule has 0 saturated heterocycles. The maximum absolute atomic E-state index is 12.1. The third-order valence-corrected chi connectivity index (χ3v) is 5.59. The minimum atomic E-state index is -0.0716. The standard InChI is InChI=1S/C18H25ClN2O2/c19-15-5-3-14(4-6-15)18(9-10-18)12-20-17(23)21-16-7-1-13(11-22)2-8-16/h3-6,13,16,22H,1-2,7-12H2,(H2,20,21,23). The fourth-order valence-electron chi connectivity index (χ4n) is 3.50. The zero-order valence-corrected chi connectivity index (χ0v) is 14.1. The van der Waals surface area contributed by atoms with Gasteiger partial charge in [0.05, 0.1) is 0 Å². The summed E-state index contributed by atoms with van der Waals surface area (Å²) < 4.78 is 0. The first-order valence-corrected chi connectivity index (χ1v) is 8.90. The van der Waals surface area contributed by atoms with E-state index in [9.17, 15) is 4.79 Å².